The van der Waals surface area contributed by atoms with Gasteiger partial charge in [-0.1, -0.05) is 30.0 Å². The van der Waals surface area contributed by atoms with Gasteiger partial charge in [0, 0.05) is 15.4 Å². The Morgan fingerprint density at radius 3 is 2.32 bits per heavy atom. The van der Waals surface area contributed by atoms with Crippen LogP contribution in [0, 0.1) is 22.7 Å². The van der Waals surface area contributed by atoms with E-state index >= 15 is 0 Å². The van der Waals surface area contributed by atoms with Crippen molar-refractivity contribution >= 4 is 18.0 Å². The van der Waals surface area contributed by atoms with Crippen LogP contribution < -0.4 is 0 Å². The van der Waals surface area contributed by atoms with Crippen molar-refractivity contribution < 1.29 is 4.79 Å². The van der Waals surface area contributed by atoms with Gasteiger partial charge in [0.05, 0.1) is 11.1 Å². The minimum Gasteiger partial charge on any atom is -0.298 e. The van der Waals surface area contributed by atoms with E-state index in [1.165, 1.54) is 11.8 Å². The summed E-state index contributed by atoms with van der Waals surface area (Å²) in [4.78, 5) is 12.2. The van der Waals surface area contributed by atoms with Crippen LogP contribution in [-0.4, -0.2) is 6.29 Å². The van der Waals surface area contributed by atoms with Crippen LogP contribution in [0.2, 0.25) is 0 Å². The molecule has 90 valence electrons. The minimum atomic E-state index is 0.372. The highest BCUT2D eigenvalue weighted by Gasteiger charge is 2.08. The number of hydrogen-bond acceptors (Lipinski definition) is 4. The molecule has 0 bridgehead atoms. The first-order valence-corrected chi connectivity index (χ1v) is 6.26. The van der Waals surface area contributed by atoms with Gasteiger partial charge in [0.1, 0.15) is 18.4 Å². The quantitative estimate of drug-likeness (QED) is 0.797. The second kappa shape index (κ2) is 5.86. The van der Waals surface area contributed by atoms with E-state index in [-0.39, 0.29) is 0 Å². The predicted octanol–water partition coefficient (Wildman–Crippen LogP) is 3.39. The Morgan fingerprint density at radius 2 is 1.74 bits per heavy atom. The van der Waals surface area contributed by atoms with E-state index in [9.17, 15) is 4.79 Å². The van der Waals surface area contributed by atoms with Crippen molar-refractivity contribution in [3.8, 4) is 12.1 Å². The molecule has 0 saturated carbocycles. The maximum absolute atomic E-state index is 10.6. The van der Waals surface area contributed by atoms with Gasteiger partial charge >= 0.3 is 0 Å². The molecule has 0 aromatic heterocycles. The molecule has 0 unspecified atom stereocenters. The highest BCUT2D eigenvalue weighted by molar-refractivity contribution is 7.99. The van der Waals surface area contributed by atoms with Crippen LogP contribution in [0.4, 0.5) is 0 Å². The van der Waals surface area contributed by atoms with Crippen LogP contribution in [0.25, 0.3) is 0 Å². The van der Waals surface area contributed by atoms with Crippen molar-refractivity contribution in [1.29, 1.82) is 10.5 Å². The smallest absolute Gasteiger partial charge is 0.150 e. The standard InChI is InChI=1S/C15H8N2OS/c16-8-12-2-1-3-15(14(12)9-17)19-13-6-4-11(10-18)5-7-13/h1-7,10H. The average Bonchev–Trinajstić information content (AvgIpc) is 2.47. The molecule has 0 spiro atoms. The summed E-state index contributed by atoms with van der Waals surface area (Å²) < 4.78 is 0. The number of aldehydes is 1. The third-order valence-electron chi connectivity index (χ3n) is 2.50. The Labute approximate surface area is 115 Å². The molecule has 4 heteroatoms. The number of rotatable bonds is 3. The maximum atomic E-state index is 10.6. The molecule has 19 heavy (non-hydrogen) atoms. The fourth-order valence-electron chi connectivity index (χ4n) is 1.57. The van der Waals surface area contributed by atoms with Gasteiger partial charge in [-0.15, -0.1) is 0 Å². The van der Waals surface area contributed by atoms with E-state index < -0.39 is 0 Å². The molecule has 0 heterocycles. The van der Waals surface area contributed by atoms with E-state index in [1.807, 2.05) is 18.2 Å². The molecule has 3 nitrogen and oxygen atoms in total. The fourth-order valence-corrected chi connectivity index (χ4v) is 2.50. The highest BCUT2D eigenvalue weighted by atomic mass is 32.2. The molecule has 2 rings (SSSR count). The molecule has 0 N–H and O–H groups in total. The predicted molar refractivity (Wildman–Crippen MR) is 71.8 cm³/mol. The van der Waals surface area contributed by atoms with E-state index in [0.29, 0.717) is 16.7 Å². The Bertz CT molecular complexity index is 694. The first-order chi connectivity index (χ1) is 9.28. The zero-order valence-electron chi connectivity index (χ0n) is 9.83. The van der Waals surface area contributed by atoms with Crippen LogP contribution in [0.15, 0.2) is 52.3 Å². The molecular formula is C15H8N2OS. The minimum absolute atomic E-state index is 0.372. The topological polar surface area (TPSA) is 64.7 Å². The van der Waals surface area contributed by atoms with Gasteiger partial charge in [-0.05, 0) is 24.3 Å². The summed E-state index contributed by atoms with van der Waals surface area (Å²) in [5.74, 6) is 0. The van der Waals surface area contributed by atoms with Gasteiger partial charge < -0.3 is 0 Å². The second-order valence-electron chi connectivity index (χ2n) is 3.69. The summed E-state index contributed by atoms with van der Waals surface area (Å²) in [6, 6.07) is 16.3. The summed E-state index contributed by atoms with van der Waals surface area (Å²) in [6.07, 6.45) is 0.783. The lowest BCUT2D eigenvalue weighted by Crippen LogP contribution is -1.87. The van der Waals surface area contributed by atoms with Gasteiger partial charge in [-0.3, -0.25) is 4.79 Å². The maximum Gasteiger partial charge on any atom is 0.150 e. The first-order valence-electron chi connectivity index (χ1n) is 5.45. The van der Waals surface area contributed by atoms with Crippen molar-refractivity contribution in [2.24, 2.45) is 0 Å². The molecule has 2 aromatic carbocycles. The molecular weight excluding hydrogens is 256 g/mol. The third kappa shape index (κ3) is 2.82. The summed E-state index contributed by atoms with van der Waals surface area (Å²) in [5, 5.41) is 18.1. The number of carbonyl (C=O) groups excluding carboxylic acids is 1. The van der Waals surface area contributed by atoms with Gasteiger partial charge in [0.2, 0.25) is 0 Å². The van der Waals surface area contributed by atoms with E-state index in [0.717, 1.165) is 16.1 Å². The van der Waals surface area contributed by atoms with Crippen LogP contribution >= 0.6 is 11.8 Å². The molecule has 0 atom stereocenters. The number of hydrogen-bond donors (Lipinski definition) is 0. The van der Waals surface area contributed by atoms with Gasteiger partial charge in [-0.25, -0.2) is 0 Å². The van der Waals surface area contributed by atoms with Crippen LogP contribution in [-0.2, 0) is 0 Å². The Kier molecular flexibility index (Phi) is 3.97. The second-order valence-corrected chi connectivity index (χ2v) is 4.81. The lowest BCUT2D eigenvalue weighted by Gasteiger charge is -2.05. The number of carbonyl (C=O) groups is 1. The van der Waals surface area contributed by atoms with Crippen molar-refractivity contribution in [1.82, 2.24) is 0 Å². The Morgan fingerprint density at radius 1 is 1.00 bits per heavy atom. The molecule has 0 saturated heterocycles. The zero-order chi connectivity index (χ0) is 13.7. The third-order valence-corrected chi connectivity index (χ3v) is 3.57. The molecule has 2 aromatic rings. The number of benzene rings is 2. The fraction of sp³-hybridized carbons (Fsp3) is 0. The summed E-state index contributed by atoms with van der Waals surface area (Å²) in [7, 11) is 0. The largest absolute Gasteiger partial charge is 0.298 e. The first kappa shape index (κ1) is 12.9. The molecule has 0 aliphatic carbocycles. The molecule has 0 amide bonds. The van der Waals surface area contributed by atoms with E-state index in [2.05, 4.69) is 6.07 Å². The molecule has 0 radical (unpaired) electrons. The van der Waals surface area contributed by atoms with Gasteiger partial charge in [-0.2, -0.15) is 10.5 Å². The molecule has 0 aliphatic heterocycles. The Balaban J connectivity index is 2.36. The van der Waals surface area contributed by atoms with E-state index in [4.69, 9.17) is 10.5 Å². The van der Waals surface area contributed by atoms with Crippen LogP contribution in [0.1, 0.15) is 21.5 Å². The lowest BCUT2D eigenvalue weighted by atomic mass is 10.1. The Hall–Kier alpha value is -2.56. The summed E-state index contributed by atoms with van der Waals surface area (Å²) in [6.45, 7) is 0. The van der Waals surface area contributed by atoms with Crippen LogP contribution in [0.3, 0.4) is 0 Å². The summed E-state index contributed by atoms with van der Waals surface area (Å²) >= 11 is 1.40. The van der Waals surface area contributed by atoms with Gasteiger partial charge in [0.25, 0.3) is 0 Å². The van der Waals surface area contributed by atoms with E-state index in [1.54, 1.807) is 30.3 Å². The van der Waals surface area contributed by atoms with Crippen molar-refractivity contribution in [3.05, 3.63) is 59.2 Å². The zero-order valence-corrected chi connectivity index (χ0v) is 10.6. The molecule has 0 fully saturated rings. The normalized spacial score (nSPS) is 9.37. The van der Waals surface area contributed by atoms with Crippen molar-refractivity contribution in [2.45, 2.75) is 9.79 Å². The monoisotopic (exact) mass is 264 g/mol. The van der Waals surface area contributed by atoms with Crippen LogP contribution in [0.5, 0.6) is 0 Å². The van der Waals surface area contributed by atoms with Crippen molar-refractivity contribution in [2.75, 3.05) is 0 Å². The number of nitriles is 2. The highest BCUT2D eigenvalue weighted by Crippen LogP contribution is 2.31. The average molecular weight is 264 g/mol. The number of nitrogens with zero attached hydrogens (tertiary/aromatic N) is 2. The SMILES string of the molecule is N#Cc1cccc(Sc2ccc(C=O)cc2)c1C#N. The lowest BCUT2D eigenvalue weighted by molar-refractivity contribution is 0.112. The molecule has 0 aliphatic rings. The summed E-state index contributed by atoms with van der Waals surface area (Å²) in [5.41, 5.74) is 1.36. The van der Waals surface area contributed by atoms with Crippen molar-refractivity contribution in [3.63, 3.8) is 0 Å². The van der Waals surface area contributed by atoms with Gasteiger partial charge in [0.15, 0.2) is 0 Å².